The van der Waals surface area contributed by atoms with Gasteiger partial charge < -0.3 is 9.05 Å². The molecule has 136 valence electrons. The first-order valence-corrected chi connectivity index (χ1v) is 13.1. The van der Waals surface area contributed by atoms with E-state index in [1.165, 1.54) is 0 Å². The Hall–Kier alpha value is -1.50. The van der Waals surface area contributed by atoms with Crippen LogP contribution in [-0.2, 0) is 14.5 Å². The normalized spacial score (nSPS) is 12.7. The van der Waals surface area contributed by atoms with Gasteiger partial charge in [0.1, 0.15) is 11.5 Å². The second-order valence-corrected chi connectivity index (χ2v) is 12.7. The van der Waals surface area contributed by atoms with E-state index in [1.54, 1.807) is 26.7 Å². The SMILES string of the molecule is CC(C)(c1ccc(OP(C)(C)=O)cc1)c1ccc(OP(C)(C)=O)cc1. The average molecular weight is 380 g/mol. The molecule has 4 nitrogen and oxygen atoms in total. The summed E-state index contributed by atoms with van der Waals surface area (Å²) in [6.07, 6.45) is 0. The van der Waals surface area contributed by atoms with E-state index in [0.717, 1.165) is 11.1 Å². The quantitative estimate of drug-likeness (QED) is 0.590. The monoisotopic (exact) mass is 380 g/mol. The van der Waals surface area contributed by atoms with Crippen molar-refractivity contribution in [1.29, 1.82) is 0 Å². The molecule has 0 fully saturated rings. The van der Waals surface area contributed by atoms with E-state index in [4.69, 9.17) is 9.05 Å². The van der Waals surface area contributed by atoms with Gasteiger partial charge in [0.05, 0.1) is 0 Å². The summed E-state index contributed by atoms with van der Waals surface area (Å²) in [6.45, 7) is 10.7. The summed E-state index contributed by atoms with van der Waals surface area (Å²) < 4.78 is 34.4. The minimum atomic E-state index is -2.56. The topological polar surface area (TPSA) is 52.6 Å². The highest BCUT2D eigenvalue weighted by molar-refractivity contribution is 7.58. The van der Waals surface area contributed by atoms with Crippen LogP contribution in [0.2, 0.25) is 0 Å². The van der Waals surface area contributed by atoms with Gasteiger partial charge in [0.25, 0.3) is 0 Å². The van der Waals surface area contributed by atoms with E-state index in [1.807, 2.05) is 48.5 Å². The number of hydrogen-bond donors (Lipinski definition) is 0. The van der Waals surface area contributed by atoms with Crippen molar-refractivity contribution in [2.45, 2.75) is 19.3 Å². The minimum absolute atomic E-state index is 0.221. The van der Waals surface area contributed by atoms with Gasteiger partial charge in [-0.1, -0.05) is 38.1 Å². The van der Waals surface area contributed by atoms with Crippen LogP contribution < -0.4 is 9.05 Å². The van der Waals surface area contributed by atoms with Gasteiger partial charge in [0, 0.05) is 32.1 Å². The molecule has 0 spiro atoms. The van der Waals surface area contributed by atoms with E-state index in [-0.39, 0.29) is 5.41 Å². The van der Waals surface area contributed by atoms with Crippen LogP contribution in [0.25, 0.3) is 0 Å². The summed E-state index contributed by atoms with van der Waals surface area (Å²) in [4.78, 5) is 0. The largest absolute Gasteiger partial charge is 0.443 e. The van der Waals surface area contributed by atoms with Gasteiger partial charge in [0.15, 0.2) is 0 Å². The zero-order valence-electron chi connectivity index (χ0n) is 15.6. The zero-order chi connectivity index (χ0) is 18.9. The molecule has 0 N–H and O–H groups in total. The lowest BCUT2D eigenvalue weighted by Crippen LogP contribution is -2.18. The molecule has 2 rings (SSSR count). The molecule has 0 bridgehead atoms. The third-order valence-electron chi connectivity index (χ3n) is 3.80. The van der Waals surface area contributed by atoms with Crippen molar-refractivity contribution in [3.8, 4) is 11.5 Å². The van der Waals surface area contributed by atoms with E-state index in [0.29, 0.717) is 11.5 Å². The van der Waals surface area contributed by atoms with E-state index < -0.39 is 14.7 Å². The average Bonchev–Trinajstić information content (AvgIpc) is 2.45. The van der Waals surface area contributed by atoms with Crippen LogP contribution in [-0.4, -0.2) is 26.7 Å². The molecule has 2 aromatic rings. The van der Waals surface area contributed by atoms with Crippen molar-refractivity contribution in [2.24, 2.45) is 0 Å². The smallest absolute Gasteiger partial charge is 0.242 e. The Morgan fingerprint density at radius 1 is 0.640 bits per heavy atom. The Morgan fingerprint density at radius 3 is 1.16 bits per heavy atom. The molecule has 25 heavy (non-hydrogen) atoms. The third-order valence-corrected chi connectivity index (χ3v) is 5.10. The van der Waals surface area contributed by atoms with Crippen LogP contribution >= 0.6 is 14.7 Å². The number of hydrogen-bond acceptors (Lipinski definition) is 4. The fourth-order valence-corrected chi connectivity index (χ4v) is 3.80. The van der Waals surface area contributed by atoms with Crippen molar-refractivity contribution in [1.82, 2.24) is 0 Å². The molecule has 0 aliphatic carbocycles. The Kier molecular flexibility index (Phi) is 5.56. The Morgan fingerprint density at radius 2 is 0.920 bits per heavy atom. The highest BCUT2D eigenvalue weighted by atomic mass is 31.2. The molecule has 0 atom stereocenters. The fourth-order valence-electron chi connectivity index (χ4n) is 2.54. The summed E-state index contributed by atoms with van der Waals surface area (Å²) in [7, 11) is -5.12. The molecule has 0 radical (unpaired) electrons. The second kappa shape index (κ2) is 7.02. The molecule has 0 amide bonds. The molecule has 2 aromatic carbocycles. The molecule has 0 heterocycles. The Balaban J connectivity index is 2.23. The first kappa shape index (κ1) is 19.8. The molecule has 0 aliphatic rings. The van der Waals surface area contributed by atoms with Crippen LogP contribution in [0, 0.1) is 0 Å². The van der Waals surface area contributed by atoms with E-state index in [9.17, 15) is 9.13 Å². The van der Waals surface area contributed by atoms with Gasteiger partial charge in [0.2, 0.25) is 14.7 Å². The van der Waals surface area contributed by atoms with Gasteiger partial charge >= 0.3 is 0 Å². The highest BCUT2D eigenvalue weighted by Gasteiger charge is 2.23. The molecule has 0 saturated heterocycles. The van der Waals surface area contributed by atoms with Crippen LogP contribution in [0.15, 0.2) is 48.5 Å². The molecule has 0 saturated carbocycles. The molecular formula is C19H26O4P2. The van der Waals surface area contributed by atoms with Gasteiger partial charge in [-0.25, -0.2) is 0 Å². The summed E-state index contributed by atoms with van der Waals surface area (Å²) in [5, 5.41) is 0. The van der Waals surface area contributed by atoms with Crippen molar-refractivity contribution < 1.29 is 18.2 Å². The minimum Gasteiger partial charge on any atom is -0.443 e. The van der Waals surface area contributed by atoms with E-state index >= 15 is 0 Å². The summed E-state index contributed by atoms with van der Waals surface area (Å²) >= 11 is 0. The lowest BCUT2D eigenvalue weighted by Gasteiger charge is -2.26. The summed E-state index contributed by atoms with van der Waals surface area (Å²) in [5.74, 6) is 1.22. The van der Waals surface area contributed by atoms with Crippen LogP contribution in [0.3, 0.4) is 0 Å². The predicted molar refractivity (Wildman–Crippen MR) is 105 cm³/mol. The maximum Gasteiger partial charge on any atom is 0.242 e. The molecule has 0 aromatic heterocycles. The lowest BCUT2D eigenvalue weighted by molar-refractivity contribution is 0.493. The molecular weight excluding hydrogens is 354 g/mol. The summed E-state index contributed by atoms with van der Waals surface area (Å²) in [6, 6.07) is 15.3. The second-order valence-electron chi connectivity index (χ2n) is 7.36. The van der Waals surface area contributed by atoms with Gasteiger partial charge in [-0.2, -0.15) is 0 Å². The Bertz CT molecular complexity index is 742. The van der Waals surface area contributed by atoms with Gasteiger partial charge in [-0.15, -0.1) is 0 Å². The van der Waals surface area contributed by atoms with Crippen molar-refractivity contribution in [3.63, 3.8) is 0 Å². The predicted octanol–water partition coefficient (Wildman–Crippen LogP) is 5.85. The summed E-state index contributed by atoms with van der Waals surface area (Å²) in [5.41, 5.74) is 2.01. The number of benzene rings is 2. The molecule has 0 aliphatic heterocycles. The molecule has 0 unspecified atom stereocenters. The maximum atomic E-state index is 11.8. The van der Waals surface area contributed by atoms with Crippen LogP contribution in [0.5, 0.6) is 11.5 Å². The van der Waals surface area contributed by atoms with Crippen LogP contribution in [0.4, 0.5) is 0 Å². The lowest BCUT2D eigenvalue weighted by atomic mass is 9.78. The molecule has 6 heteroatoms. The van der Waals surface area contributed by atoms with Crippen molar-refractivity contribution >= 4 is 14.7 Å². The maximum absolute atomic E-state index is 11.8. The third kappa shape index (κ3) is 5.76. The zero-order valence-corrected chi connectivity index (χ0v) is 17.4. The van der Waals surface area contributed by atoms with Crippen LogP contribution in [0.1, 0.15) is 25.0 Å². The first-order valence-electron chi connectivity index (χ1n) is 8.07. The standard InChI is InChI=1S/C19H26O4P2/c1-19(2,15-7-11-17(12-8-15)22-24(3,4)20)16-9-13-18(14-10-16)23-25(5,6)21/h7-14H,1-6H3. The van der Waals surface area contributed by atoms with Gasteiger partial charge in [-0.05, 0) is 35.4 Å². The highest BCUT2D eigenvalue weighted by Crippen LogP contribution is 2.41. The van der Waals surface area contributed by atoms with E-state index in [2.05, 4.69) is 13.8 Å². The fraction of sp³-hybridized carbons (Fsp3) is 0.368. The first-order chi connectivity index (χ1) is 11.4. The van der Waals surface area contributed by atoms with Gasteiger partial charge in [-0.3, -0.25) is 9.13 Å². The van der Waals surface area contributed by atoms with Crippen molar-refractivity contribution in [3.05, 3.63) is 59.7 Å². The van der Waals surface area contributed by atoms with Crippen molar-refractivity contribution in [2.75, 3.05) is 26.7 Å². The number of rotatable bonds is 6. The Labute approximate surface area is 150 Å².